The van der Waals surface area contributed by atoms with E-state index in [0.29, 0.717) is 18.5 Å². The second kappa shape index (κ2) is 14.8. The first-order valence-electron chi connectivity index (χ1n) is 12.0. The van der Waals surface area contributed by atoms with Gasteiger partial charge in [-0.1, -0.05) is 40.5 Å². The third-order valence-electron chi connectivity index (χ3n) is 6.23. The van der Waals surface area contributed by atoms with Crippen LogP contribution in [-0.4, -0.2) is 74.0 Å². The van der Waals surface area contributed by atoms with Gasteiger partial charge in [-0.25, -0.2) is 9.78 Å². The van der Waals surface area contributed by atoms with Gasteiger partial charge in [-0.2, -0.15) is 0 Å². The lowest BCUT2D eigenvalue weighted by Gasteiger charge is -2.28. The Morgan fingerprint density at radius 3 is 2.06 bits per heavy atom. The van der Waals surface area contributed by atoms with Crippen molar-refractivity contribution in [3.05, 3.63) is 18.2 Å². The van der Waals surface area contributed by atoms with Crippen molar-refractivity contribution in [3.8, 4) is 0 Å². The van der Waals surface area contributed by atoms with Crippen LogP contribution in [0.25, 0.3) is 0 Å². The molecule has 0 bridgehead atoms. The second-order valence-electron chi connectivity index (χ2n) is 8.96. The Kier molecular flexibility index (Phi) is 12.6. The predicted octanol–water partition coefficient (Wildman–Crippen LogP) is -0.224. The first kappa shape index (κ1) is 30.6. The highest BCUT2D eigenvalue weighted by Crippen LogP contribution is 2.12. The Morgan fingerprint density at radius 2 is 1.56 bits per heavy atom. The Hall–Kier alpha value is -3.48. The van der Waals surface area contributed by atoms with E-state index in [2.05, 4.69) is 25.9 Å². The number of amides is 3. The van der Waals surface area contributed by atoms with Crippen molar-refractivity contribution in [2.75, 3.05) is 0 Å². The molecule has 36 heavy (non-hydrogen) atoms. The van der Waals surface area contributed by atoms with E-state index in [9.17, 15) is 29.1 Å². The molecule has 1 heterocycles. The third kappa shape index (κ3) is 9.64. The Balaban J connectivity index is 3.10. The summed E-state index contributed by atoms with van der Waals surface area (Å²) in [5, 5.41) is 25.8. The van der Waals surface area contributed by atoms with E-state index >= 15 is 0 Å². The highest BCUT2D eigenvalue weighted by atomic mass is 16.4. The number of nitrogens with two attached hydrogens (primary N) is 1. The van der Waals surface area contributed by atoms with Crippen molar-refractivity contribution in [2.45, 2.75) is 84.0 Å². The van der Waals surface area contributed by atoms with Gasteiger partial charge in [0.25, 0.3) is 0 Å². The van der Waals surface area contributed by atoms with Crippen LogP contribution in [0, 0.1) is 11.8 Å². The molecule has 3 amide bonds. The van der Waals surface area contributed by atoms with Gasteiger partial charge in [-0.3, -0.25) is 19.2 Å². The van der Waals surface area contributed by atoms with Crippen molar-refractivity contribution in [3.63, 3.8) is 0 Å². The van der Waals surface area contributed by atoms with E-state index in [0.717, 1.165) is 0 Å². The van der Waals surface area contributed by atoms with Crippen LogP contribution < -0.4 is 21.7 Å². The van der Waals surface area contributed by atoms with Crippen molar-refractivity contribution in [1.82, 2.24) is 25.9 Å². The molecular weight excluding hydrogens is 472 g/mol. The van der Waals surface area contributed by atoms with Gasteiger partial charge < -0.3 is 36.9 Å². The van der Waals surface area contributed by atoms with Crippen LogP contribution >= 0.6 is 0 Å². The quantitative estimate of drug-likeness (QED) is 0.156. The molecule has 0 spiro atoms. The van der Waals surface area contributed by atoms with E-state index in [4.69, 9.17) is 10.8 Å². The number of rotatable bonds is 16. The van der Waals surface area contributed by atoms with E-state index in [1.807, 2.05) is 20.8 Å². The van der Waals surface area contributed by atoms with Gasteiger partial charge in [0.2, 0.25) is 17.7 Å². The van der Waals surface area contributed by atoms with Crippen molar-refractivity contribution < 1.29 is 34.2 Å². The van der Waals surface area contributed by atoms with E-state index in [1.54, 1.807) is 6.92 Å². The second-order valence-corrected chi connectivity index (χ2v) is 8.96. The lowest BCUT2D eigenvalue weighted by atomic mass is 9.95. The number of imidazole rings is 1. The number of carboxylic acid groups (broad SMARTS) is 2. The molecular formula is C23H38N6O7. The highest BCUT2D eigenvalue weighted by molar-refractivity contribution is 5.94. The van der Waals surface area contributed by atoms with Crippen LogP contribution in [0.1, 0.15) is 59.1 Å². The smallest absolute Gasteiger partial charge is 0.326 e. The minimum absolute atomic E-state index is 0.0452. The molecule has 0 fully saturated rings. The van der Waals surface area contributed by atoms with Crippen LogP contribution in [0.3, 0.4) is 0 Å². The Labute approximate surface area is 210 Å². The summed E-state index contributed by atoms with van der Waals surface area (Å²) in [6, 6.07) is -4.49. The molecule has 0 aliphatic heterocycles. The molecule has 6 atom stereocenters. The number of carbonyl (C=O) groups is 5. The van der Waals surface area contributed by atoms with E-state index in [1.165, 1.54) is 12.5 Å². The van der Waals surface area contributed by atoms with Crippen molar-refractivity contribution >= 4 is 29.7 Å². The zero-order valence-corrected chi connectivity index (χ0v) is 21.1. The lowest BCUT2D eigenvalue weighted by molar-refractivity contribution is -0.143. The summed E-state index contributed by atoms with van der Waals surface area (Å²) in [6.07, 6.45) is 3.21. The number of aromatic nitrogens is 2. The number of hydrogen-bond donors (Lipinski definition) is 7. The summed E-state index contributed by atoms with van der Waals surface area (Å²) in [5.41, 5.74) is 6.51. The zero-order chi connectivity index (χ0) is 27.4. The number of nitrogens with one attached hydrogen (secondary N) is 4. The number of aliphatic carboxylic acids is 2. The standard InChI is InChI=1S/C23H38N6O7/c1-5-12(3)18(24)21(33)29-19(13(4)6-2)22(34)28-16(9-14-10-25-11-26-14)20(32)27-15(23(35)36)7-8-17(30)31/h10-13,15-16,18-19H,5-9,24H2,1-4H3,(H,25,26)(H,27,32)(H,28,34)(H,29,33)(H,30,31)(H,35,36). The van der Waals surface area contributed by atoms with Gasteiger partial charge >= 0.3 is 11.9 Å². The molecule has 6 unspecified atom stereocenters. The summed E-state index contributed by atoms with van der Waals surface area (Å²) in [7, 11) is 0. The molecule has 0 aliphatic rings. The van der Waals surface area contributed by atoms with E-state index in [-0.39, 0.29) is 24.7 Å². The van der Waals surface area contributed by atoms with Crippen molar-refractivity contribution in [2.24, 2.45) is 17.6 Å². The van der Waals surface area contributed by atoms with Crippen LogP contribution in [0.5, 0.6) is 0 Å². The minimum Gasteiger partial charge on any atom is -0.481 e. The van der Waals surface area contributed by atoms with Gasteiger partial charge in [0, 0.05) is 24.7 Å². The molecule has 1 aromatic rings. The highest BCUT2D eigenvalue weighted by Gasteiger charge is 2.33. The number of aromatic amines is 1. The Morgan fingerprint density at radius 1 is 0.944 bits per heavy atom. The van der Waals surface area contributed by atoms with Crippen LogP contribution in [0.2, 0.25) is 0 Å². The molecule has 0 radical (unpaired) electrons. The molecule has 8 N–H and O–H groups in total. The molecule has 13 nitrogen and oxygen atoms in total. The first-order valence-corrected chi connectivity index (χ1v) is 12.0. The fourth-order valence-electron chi connectivity index (χ4n) is 3.35. The first-order chi connectivity index (χ1) is 16.9. The van der Waals surface area contributed by atoms with Crippen LogP contribution in [0.15, 0.2) is 12.5 Å². The zero-order valence-electron chi connectivity index (χ0n) is 21.1. The maximum atomic E-state index is 13.3. The SMILES string of the molecule is CCC(C)C(N)C(=O)NC(C(=O)NC(Cc1cnc[nH]1)C(=O)NC(CCC(=O)O)C(=O)O)C(C)CC. The average molecular weight is 511 g/mol. The summed E-state index contributed by atoms with van der Waals surface area (Å²) in [6.45, 7) is 7.35. The molecule has 1 aromatic heterocycles. The maximum absolute atomic E-state index is 13.3. The van der Waals surface area contributed by atoms with Gasteiger partial charge in [-0.15, -0.1) is 0 Å². The third-order valence-corrected chi connectivity index (χ3v) is 6.23. The topological polar surface area (TPSA) is 217 Å². The fraction of sp³-hybridized carbons (Fsp3) is 0.652. The summed E-state index contributed by atoms with van der Waals surface area (Å²) in [4.78, 5) is 68.0. The van der Waals surface area contributed by atoms with Gasteiger partial charge in [0.15, 0.2) is 0 Å². The number of H-pyrrole nitrogens is 1. The molecule has 13 heteroatoms. The Bertz CT molecular complexity index is 892. The molecule has 202 valence electrons. The summed E-state index contributed by atoms with van der Waals surface area (Å²) < 4.78 is 0. The fourth-order valence-corrected chi connectivity index (χ4v) is 3.35. The lowest BCUT2D eigenvalue weighted by Crippen LogP contribution is -2.59. The van der Waals surface area contributed by atoms with Crippen LogP contribution in [0.4, 0.5) is 0 Å². The largest absolute Gasteiger partial charge is 0.481 e. The molecule has 0 aromatic carbocycles. The number of hydrogen-bond acceptors (Lipinski definition) is 7. The molecule has 0 saturated carbocycles. The number of carbonyl (C=O) groups excluding carboxylic acids is 3. The van der Waals surface area contributed by atoms with Gasteiger partial charge in [0.1, 0.15) is 18.1 Å². The molecule has 1 rings (SSSR count). The predicted molar refractivity (Wildman–Crippen MR) is 129 cm³/mol. The monoisotopic (exact) mass is 510 g/mol. The summed E-state index contributed by atoms with van der Waals surface area (Å²) >= 11 is 0. The normalized spacial score (nSPS) is 16.0. The van der Waals surface area contributed by atoms with Gasteiger partial charge in [-0.05, 0) is 18.3 Å². The number of nitrogens with zero attached hydrogens (tertiary/aromatic N) is 1. The van der Waals surface area contributed by atoms with E-state index < -0.39 is 60.2 Å². The van der Waals surface area contributed by atoms with Crippen molar-refractivity contribution in [1.29, 1.82) is 0 Å². The van der Waals surface area contributed by atoms with Crippen LogP contribution in [-0.2, 0) is 30.4 Å². The molecule has 0 saturated heterocycles. The summed E-state index contributed by atoms with van der Waals surface area (Å²) in [5.74, 6) is -4.95. The van der Waals surface area contributed by atoms with Gasteiger partial charge in [0.05, 0.1) is 12.4 Å². The minimum atomic E-state index is -1.46. The average Bonchev–Trinajstić information content (AvgIpc) is 3.35. The molecule has 0 aliphatic carbocycles. The number of carboxylic acids is 2. The maximum Gasteiger partial charge on any atom is 0.326 e.